The Balaban J connectivity index is 1.28. The molecule has 2 fully saturated rings. The van der Waals surface area contributed by atoms with Crippen LogP contribution in [0, 0.1) is 17.2 Å². The van der Waals surface area contributed by atoms with Crippen molar-refractivity contribution in [1.82, 2.24) is 19.9 Å². The minimum Gasteiger partial charge on any atom is -0.381 e. The van der Waals surface area contributed by atoms with Crippen LogP contribution in [0.25, 0.3) is 0 Å². The Morgan fingerprint density at radius 2 is 2.06 bits per heavy atom. The predicted molar refractivity (Wildman–Crippen MR) is 118 cm³/mol. The molecule has 9 heteroatoms. The van der Waals surface area contributed by atoms with E-state index >= 15 is 0 Å². The van der Waals surface area contributed by atoms with Crippen LogP contribution in [-0.2, 0) is 22.5 Å². The fourth-order valence-electron chi connectivity index (χ4n) is 4.86. The van der Waals surface area contributed by atoms with Gasteiger partial charge in [0.05, 0.1) is 11.3 Å². The van der Waals surface area contributed by atoms with Gasteiger partial charge in [-0.3, -0.25) is 4.79 Å². The van der Waals surface area contributed by atoms with Gasteiger partial charge in [0.15, 0.2) is 0 Å². The molecular formula is C23H27N7O2. The Kier molecular flexibility index (Phi) is 5.86. The summed E-state index contributed by atoms with van der Waals surface area (Å²) in [7, 11) is 0. The molecule has 0 bridgehead atoms. The molecule has 0 aromatic carbocycles. The smallest absolute Gasteiger partial charge is 0.225 e. The third-order valence-electron chi connectivity index (χ3n) is 6.62. The number of rotatable bonds is 4. The zero-order valence-corrected chi connectivity index (χ0v) is 18.0. The Morgan fingerprint density at radius 3 is 2.91 bits per heavy atom. The van der Waals surface area contributed by atoms with Crippen LogP contribution in [-0.4, -0.2) is 64.6 Å². The van der Waals surface area contributed by atoms with E-state index in [0.717, 1.165) is 55.8 Å². The van der Waals surface area contributed by atoms with Crippen LogP contribution in [0.5, 0.6) is 0 Å². The lowest BCUT2D eigenvalue weighted by molar-refractivity contribution is -0.137. The Labute approximate surface area is 187 Å². The number of anilines is 2. The second kappa shape index (κ2) is 9.09. The fourth-order valence-corrected chi connectivity index (χ4v) is 4.86. The molecule has 9 nitrogen and oxygen atoms in total. The number of hydrogen-bond donors (Lipinski definition) is 1. The lowest BCUT2D eigenvalue weighted by Crippen LogP contribution is -2.38. The highest BCUT2D eigenvalue weighted by Crippen LogP contribution is 2.29. The molecule has 3 aliphatic heterocycles. The van der Waals surface area contributed by atoms with Gasteiger partial charge in [0.1, 0.15) is 24.0 Å². The SMILES string of the molecule is N#Cc1cccnc1N1CCc2ncnc(NC3CCN(C(=O)C4CCOCC4)C3)c2C1. The van der Waals surface area contributed by atoms with Gasteiger partial charge in [-0.2, -0.15) is 5.26 Å². The third-order valence-corrected chi connectivity index (χ3v) is 6.62. The molecule has 1 unspecified atom stereocenters. The first-order valence-electron chi connectivity index (χ1n) is 11.3. The molecule has 1 atom stereocenters. The van der Waals surface area contributed by atoms with Crippen LogP contribution in [0.15, 0.2) is 24.7 Å². The molecule has 1 N–H and O–H groups in total. The lowest BCUT2D eigenvalue weighted by atomic mass is 9.99. The Morgan fingerprint density at radius 1 is 1.19 bits per heavy atom. The van der Waals surface area contributed by atoms with E-state index in [2.05, 4.69) is 31.2 Å². The van der Waals surface area contributed by atoms with Crippen molar-refractivity contribution < 1.29 is 9.53 Å². The number of pyridine rings is 1. The van der Waals surface area contributed by atoms with Gasteiger partial charge in [-0.15, -0.1) is 0 Å². The summed E-state index contributed by atoms with van der Waals surface area (Å²) in [5.74, 6) is 1.87. The fraction of sp³-hybridized carbons (Fsp3) is 0.522. The van der Waals surface area contributed by atoms with Gasteiger partial charge in [-0.25, -0.2) is 15.0 Å². The van der Waals surface area contributed by atoms with Gasteiger partial charge in [0, 0.05) is 69.5 Å². The zero-order valence-electron chi connectivity index (χ0n) is 18.0. The van der Waals surface area contributed by atoms with Crippen molar-refractivity contribution in [3.05, 3.63) is 41.5 Å². The molecule has 2 aromatic rings. The first-order valence-corrected chi connectivity index (χ1v) is 11.3. The van der Waals surface area contributed by atoms with Crippen molar-refractivity contribution in [2.24, 2.45) is 5.92 Å². The topological polar surface area (TPSA) is 107 Å². The number of likely N-dealkylation sites (tertiary alicyclic amines) is 1. The standard InChI is InChI=1S/C23H27N7O2/c24-12-17-2-1-7-25-22(17)29-9-4-20-19(14-29)21(27-15-26-20)28-18-3-8-30(13-18)23(31)16-5-10-32-11-6-16/h1-2,7,15-16,18H,3-6,8-11,13-14H2,(H,26,27,28). The van der Waals surface area contributed by atoms with Gasteiger partial charge in [-0.1, -0.05) is 0 Å². The summed E-state index contributed by atoms with van der Waals surface area (Å²) in [5.41, 5.74) is 2.64. The van der Waals surface area contributed by atoms with Crippen molar-refractivity contribution in [1.29, 1.82) is 5.26 Å². The molecule has 1 amide bonds. The predicted octanol–water partition coefficient (Wildman–Crippen LogP) is 1.75. The number of nitriles is 1. The number of hydrogen-bond acceptors (Lipinski definition) is 8. The summed E-state index contributed by atoms with van der Waals surface area (Å²) in [4.78, 5) is 30.4. The van der Waals surface area contributed by atoms with Crippen LogP contribution in [0.3, 0.4) is 0 Å². The summed E-state index contributed by atoms with van der Waals surface area (Å²) in [5, 5.41) is 13.0. The number of fused-ring (bicyclic) bond motifs is 1. The molecule has 2 saturated heterocycles. The van der Waals surface area contributed by atoms with E-state index in [1.807, 2.05) is 4.90 Å². The summed E-state index contributed by atoms with van der Waals surface area (Å²) >= 11 is 0. The van der Waals surface area contributed by atoms with Gasteiger partial charge in [0.2, 0.25) is 5.91 Å². The van der Waals surface area contributed by atoms with Crippen molar-refractivity contribution >= 4 is 17.5 Å². The monoisotopic (exact) mass is 433 g/mol. The summed E-state index contributed by atoms with van der Waals surface area (Å²) in [6, 6.07) is 5.97. The molecule has 5 rings (SSSR count). The number of nitrogens with one attached hydrogen (secondary N) is 1. The van der Waals surface area contributed by atoms with Crippen LogP contribution in [0.2, 0.25) is 0 Å². The average molecular weight is 434 g/mol. The van der Waals surface area contributed by atoms with Crippen LogP contribution in [0.1, 0.15) is 36.1 Å². The van der Waals surface area contributed by atoms with Crippen molar-refractivity contribution in [3.8, 4) is 6.07 Å². The van der Waals surface area contributed by atoms with E-state index in [9.17, 15) is 10.1 Å². The number of carbonyl (C=O) groups is 1. The van der Waals surface area contributed by atoms with E-state index in [-0.39, 0.29) is 17.9 Å². The normalized spacial score (nSPS) is 21.2. The molecule has 0 spiro atoms. The number of amides is 1. The maximum Gasteiger partial charge on any atom is 0.225 e. The maximum absolute atomic E-state index is 12.9. The summed E-state index contributed by atoms with van der Waals surface area (Å²) < 4.78 is 5.40. The Bertz CT molecular complexity index is 1030. The molecule has 32 heavy (non-hydrogen) atoms. The van der Waals surface area contributed by atoms with E-state index in [1.54, 1.807) is 24.7 Å². The number of ether oxygens (including phenoxy) is 1. The summed E-state index contributed by atoms with van der Waals surface area (Å²) in [6.07, 6.45) is 6.64. The van der Waals surface area contributed by atoms with Gasteiger partial charge < -0.3 is 19.9 Å². The molecule has 2 aromatic heterocycles. The molecule has 166 valence electrons. The first-order chi connectivity index (χ1) is 15.7. The minimum atomic E-state index is 0.0931. The second-order valence-corrected chi connectivity index (χ2v) is 8.61. The van der Waals surface area contributed by atoms with Crippen LogP contribution in [0.4, 0.5) is 11.6 Å². The zero-order chi connectivity index (χ0) is 21.9. The number of nitrogens with zero attached hydrogens (tertiary/aromatic N) is 6. The summed E-state index contributed by atoms with van der Waals surface area (Å²) in [6.45, 7) is 4.18. The molecule has 0 radical (unpaired) electrons. The van der Waals surface area contributed by atoms with Crippen LogP contribution < -0.4 is 10.2 Å². The third kappa shape index (κ3) is 4.10. The van der Waals surface area contributed by atoms with Crippen molar-refractivity contribution in [2.45, 2.75) is 38.3 Å². The minimum absolute atomic E-state index is 0.0931. The lowest BCUT2D eigenvalue weighted by Gasteiger charge is -2.31. The second-order valence-electron chi connectivity index (χ2n) is 8.61. The highest BCUT2D eigenvalue weighted by Gasteiger charge is 2.33. The highest BCUT2D eigenvalue weighted by atomic mass is 16.5. The van der Waals surface area contributed by atoms with E-state index in [0.29, 0.717) is 37.7 Å². The molecule has 0 aliphatic carbocycles. The van der Waals surface area contributed by atoms with Gasteiger partial charge in [-0.05, 0) is 31.4 Å². The first kappa shape index (κ1) is 20.6. The molecule has 3 aliphatic rings. The maximum atomic E-state index is 12.9. The number of carbonyl (C=O) groups excluding carboxylic acids is 1. The largest absolute Gasteiger partial charge is 0.381 e. The van der Waals surface area contributed by atoms with Gasteiger partial charge in [0.25, 0.3) is 0 Å². The highest BCUT2D eigenvalue weighted by molar-refractivity contribution is 5.79. The quantitative estimate of drug-likeness (QED) is 0.777. The number of aromatic nitrogens is 3. The van der Waals surface area contributed by atoms with E-state index in [1.165, 1.54) is 0 Å². The van der Waals surface area contributed by atoms with Crippen molar-refractivity contribution in [3.63, 3.8) is 0 Å². The van der Waals surface area contributed by atoms with E-state index < -0.39 is 0 Å². The van der Waals surface area contributed by atoms with E-state index in [4.69, 9.17) is 4.74 Å². The van der Waals surface area contributed by atoms with Crippen molar-refractivity contribution in [2.75, 3.05) is 43.1 Å². The molecule has 0 saturated carbocycles. The average Bonchev–Trinajstić information content (AvgIpc) is 3.32. The molecule has 5 heterocycles. The Hall–Kier alpha value is -3.25. The van der Waals surface area contributed by atoms with Gasteiger partial charge >= 0.3 is 0 Å². The van der Waals surface area contributed by atoms with Crippen LogP contribution >= 0.6 is 0 Å². The molecular weight excluding hydrogens is 406 g/mol.